The zero-order chi connectivity index (χ0) is 20.8. The van der Waals surface area contributed by atoms with E-state index in [4.69, 9.17) is 9.47 Å². The molecule has 0 radical (unpaired) electrons. The SMILES string of the molecule is CCCOc1c(CNC(Cc2c[nH]c3ccccc23)C(=O)O)cc(Br)cc1OC. The summed E-state index contributed by atoms with van der Waals surface area (Å²) in [5, 5.41) is 14.0. The number of rotatable bonds is 10. The predicted octanol–water partition coefficient (Wildman–Crippen LogP) is 4.51. The number of para-hydroxylation sites is 1. The van der Waals surface area contributed by atoms with E-state index in [1.807, 2.05) is 49.5 Å². The number of benzene rings is 2. The van der Waals surface area contributed by atoms with E-state index in [1.165, 1.54) is 0 Å². The van der Waals surface area contributed by atoms with Crippen molar-refractivity contribution in [2.75, 3.05) is 13.7 Å². The van der Waals surface area contributed by atoms with E-state index < -0.39 is 12.0 Å². The lowest BCUT2D eigenvalue weighted by Crippen LogP contribution is -2.38. The molecule has 0 amide bonds. The highest BCUT2D eigenvalue weighted by atomic mass is 79.9. The fourth-order valence-corrected chi connectivity index (χ4v) is 3.76. The number of methoxy groups -OCH3 is 1. The minimum atomic E-state index is -0.895. The van der Waals surface area contributed by atoms with Crippen molar-refractivity contribution in [2.24, 2.45) is 0 Å². The number of fused-ring (bicyclic) bond motifs is 1. The van der Waals surface area contributed by atoms with Crippen molar-refractivity contribution in [3.05, 3.63) is 58.2 Å². The molecular weight excluding hydrogens is 436 g/mol. The summed E-state index contributed by atoms with van der Waals surface area (Å²) in [5.41, 5.74) is 2.81. The van der Waals surface area contributed by atoms with Crippen LogP contribution in [0.25, 0.3) is 10.9 Å². The number of hydrogen-bond donors (Lipinski definition) is 3. The Labute approximate surface area is 178 Å². The van der Waals surface area contributed by atoms with Gasteiger partial charge in [0.05, 0.1) is 13.7 Å². The highest BCUT2D eigenvalue weighted by molar-refractivity contribution is 9.10. The maximum Gasteiger partial charge on any atom is 0.321 e. The number of H-pyrrole nitrogens is 1. The highest BCUT2D eigenvalue weighted by Crippen LogP contribution is 2.35. The van der Waals surface area contributed by atoms with Crippen LogP contribution in [0.1, 0.15) is 24.5 Å². The first kappa shape index (κ1) is 21.2. The van der Waals surface area contributed by atoms with Gasteiger partial charge in [0, 0.05) is 40.1 Å². The van der Waals surface area contributed by atoms with Gasteiger partial charge in [-0.2, -0.15) is 0 Å². The maximum atomic E-state index is 11.9. The van der Waals surface area contributed by atoms with Crippen LogP contribution in [0.15, 0.2) is 47.1 Å². The summed E-state index contributed by atoms with van der Waals surface area (Å²) in [4.78, 5) is 15.1. The van der Waals surface area contributed by atoms with Crippen LogP contribution in [0.5, 0.6) is 11.5 Å². The van der Waals surface area contributed by atoms with Crippen LogP contribution < -0.4 is 14.8 Å². The number of carbonyl (C=O) groups is 1. The number of aromatic amines is 1. The van der Waals surface area contributed by atoms with Gasteiger partial charge in [0.15, 0.2) is 11.5 Å². The molecule has 3 aromatic rings. The summed E-state index contributed by atoms with van der Waals surface area (Å²) >= 11 is 3.48. The van der Waals surface area contributed by atoms with Crippen LogP contribution in [0.2, 0.25) is 0 Å². The van der Waals surface area contributed by atoms with Crippen molar-refractivity contribution >= 4 is 32.8 Å². The van der Waals surface area contributed by atoms with Gasteiger partial charge in [0.1, 0.15) is 6.04 Å². The van der Waals surface area contributed by atoms with Crippen LogP contribution in [0.4, 0.5) is 0 Å². The number of hydrogen-bond acceptors (Lipinski definition) is 4. The molecule has 0 aliphatic heterocycles. The third-order valence-electron chi connectivity index (χ3n) is 4.70. The molecule has 0 bridgehead atoms. The van der Waals surface area contributed by atoms with Crippen LogP contribution >= 0.6 is 15.9 Å². The normalized spacial score (nSPS) is 12.1. The van der Waals surface area contributed by atoms with Gasteiger partial charge in [-0.25, -0.2) is 0 Å². The summed E-state index contributed by atoms with van der Waals surface area (Å²) in [6, 6.07) is 10.9. The first-order valence-electron chi connectivity index (χ1n) is 9.53. The molecular formula is C22H25BrN2O4. The second-order valence-corrected chi connectivity index (χ2v) is 7.70. The first-order valence-corrected chi connectivity index (χ1v) is 10.3. The number of carboxylic acids is 1. The molecule has 0 saturated heterocycles. The summed E-state index contributed by atoms with van der Waals surface area (Å²) < 4.78 is 12.2. The van der Waals surface area contributed by atoms with Crippen molar-refractivity contribution in [3.8, 4) is 11.5 Å². The number of halogens is 1. The molecule has 0 saturated carbocycles. The van der Waals surface area contributed by atoms with Crippen molar-refractivity contribution in [1.82, 2.24) is 10.3 Å². The van der Waals surface area contributed by atoms with E-state index in [9.17, 15) is 9.90 Å². The maximum absolute atomic E-state index is 11.9. The summed E-state index contributed by atoms with van der Waals surface area (Å²) in [6.45, 7) is 2.93. The van der Waals surface area contributed by atoms with Gasteiger partial charge in [-0.05, 0) is 30.2 Å². The van der Waals surface area contributed by atoms with Crippen LogP contribution in [0.3, 0.4) is 0 Å². The molecule has 3 N–H and O–H groups in total. The second kappa shape index (κ2) is 9.80. The molecule has 29 heavy (non-hydrogen) atoms. The predicted molar refractivity (Wildman–Crippen MR) is 117 cm³/mol. The molecule has 6 nitrogen and oxygen atoms in total. The van der Waals surface area contributed by atoms with Crippen molar-refractivity contribution in [1.29, 1.82) is 0 Å². The van der Waals surface area contributed by atoms with E-state index in [2.05, 4.69) is 26.2 Å². The van der Waals surface area contributed by atoms with E-state index in [0.717, 1.165) is 32.9 Å². The van der Waals surface area contributed by atoms with Crippen molar-refractivity contribution < 1.29 is 19.4 Å². The summed E-state index contributed by atoms with van der Waals surface area (Å²) in [5.74, 6) is 0.364. The summed E-state index contributed by atoms with van der Waals surface area (Å²) in [7, 11) is 1.59. The number of aliphatic carboxylic acids is 1. The molecule has 1 aromatic heterocycles. The van der Waals surface area contributed by atoms with Gasteiger partial charge < -0.3 is 19.6 Å². The molecule has 1 unspecified atom stereocenters. The average molecular weight is 461 g/mol. The molecule has 0 aliphatic rings. The minimum Gasteiger partial charge on any atom is -0.493 e. The Balaban J connectivity index is 1.80. The fraction of sp³-hybridized carbons (Fsp3) is 0.318. The van der Waals surface area contributed by atoms with E-state index in [0.29, 0.717) is 31.1 Å². The molecule has 0 fully saturated rings. The lowest BCUT2D eigenvalue weighted by molar-refractivity contribution is -0.139. The Bertz CT molecular complexity index is 986. The molecule has 2 aromatic carbocycles. The van der Waals surface area contributed by atoms with Crippen LogP contribution in [-0.2, 0) is 17.8 Å². The lowest BCUT2D eigenvalue weighted by atomic mass is 10.0. The Morgan fingerprint density at radius 3 is 2.79 bits per heavy atom. The molecule has 7 heteroatoms. The Morgan fingerprint density at radius 1 is 1.28 bits per heavy atom. The van der Waals surface area contributed by atoms with Gasteiger partial charge in [0.25, 0.3) is 0 Å². The standard InChI is InChI=1S/C22H25BrN2O4/c1-3-8-29-21-15(9-16(23)11-20(21)28-2)13-25-19(22(26)27)10-14-12-24-18-7-5-4-6-17(14)18/h4-7,9,11-12,19,24-25H,3,8,10,13H2,1-2H3,(H,26,27). The Hall–Kier alpha value is -2.51. The molecule has 1 heterocycles. The monoisotopic (exact) mass is 460 g/mol. The van der Waals surface area contributed by atoms with Gasteiger partial charge >= 0.3 is 5.97 Å². The topological polar surface area (TPSA) is 83.6 Å². The van der Waals surface area contributed by atoms with Crippen molar-refractivity contribution in [3.63, 3.8) is 0 Å². The minimum absolute atomic E-state index is 0.341. The fourth-order valence-electron chi connectivity index (χ4n) is 3.27. The quantitative estimate of drug-likeness (QED) is 0.414. The van der Waals surface area contributed by atoms with Gasteiger partial charge in [0.2, 0.25) is 0 Å². The third-order valence-corrected chi connectivity index (χ3v) is 5.16. The molecule has 154 valence electrons. The highest BCUT2D eigenvalue weighted by Gasteiger charge is 2.21. The Kier molecular flexibility index (Phi) is 7.17. The molecule has 1 atom stereocenters. The first-order chi connectivity index (χ1) is 14.0. The van der Waals surface area contributed by atoms with E-state index in [1.54, 1.807) is 7.11 Å². The number of nitrogens with one attached hydrogen (secondary N) is 2. The lowest BCUT2D eigenvalue weighted by Gasteiger charge is -2.18. The number of carboxylic acid groups (broad SMARTS) is 1. The van der Waals surface area contributed by atoms with Crippen LogP contribution in [0, 0.1) is 0 Å². The van der Waals surface area contributed by atoms with E-state index in [-0.39, 0.29) is 0 Å². The number of aromatic nitrogens is 1. The third kappa shape index (κ3) is 5.10. The zero-order valence-corrected chi connectivity index (χ0v) is 18.1. The largest absolute Gasteiger partial charge is 0.493 e. The zero-order valence-electron chi connectivity index (χ0n) is 16.5. The smallest absolute Gasteiger partial charge is 0.321 e. The van der Waals surface area contributed by atoms with Gasteiger partial charge in [-0.3, -0.25) is 10.1 Å². The second-order valence-electron chi connectivity index (χ2n) is 6.78. The number of ether oxygens (including phenoxy) is 2. The van der Waals surface area contributed by atoms with Gasteiger partial charge in [-0.15, -0.1) is 0 Å². The average Bonchev–Trinajstić information content (AvgIpc) is 3.12. The van der Waals surface area contributed by atoms with Gasteiger partial charge in [-0.1, -0.05) is 41.1 Å². The van der Waals surface area contributed by atoms with E-state index >= 15 is 0 Å². The van der Waals surface area contributed by atoms with Crippen LogP contribution in [-0.4, -0.2) is 35.8 Å². The molecule has 3 rings (SSSR count). The molecule has 0 spiro atoms. The summed E-state index contributed by atoms with van der Waals surface area (Å²) in [6.07, 6.45) is 3.11. The van der Waals surface area contributed by atoms with Crippen molar-refractivity contribution in [2.45, 2.75) is 32.4 Å². The molecule has 0 aliphatic carbocycles. The Morgan fingerprint density at radius 2 is 2.07 bits per heavy atom.